The van der Waals surface area contributed by atoms with E-state index in [0.717, 1.165) is 18.5 Å². The third-order valence-corrected chi connectivity index (χ3v) is 8.90. The monoisotopic (exact) mass is 364 g/mol. The van der Waals surface area contributed by atoms with Crippen LogP contribution in [0.5, 0.6) is 0 Å². The normalized spacial score (nSPS) is 11.8. The third-order valence-electron chi connectivity index (χ3n) is 4.32. The van der Waals surface area contributed by atoms with Crippen LogP contribution in [0.3, 0.4) is 0 Å². The predicted molar refractivity (Wildman–Crippen MR) is 108 cm³/mol. The van der Waals surface area contributed by atoms with Gasteiger partial charge in [0.2, 0.25) is 0 Å². The maximum Gasteiger partial charge on any atom is 0.251 e. The maximum atomic E-state index is 6.39. The first-order chi connectivity index (χ1) is 10.6. The summed E-state index contributed by atoms with van der Waals surface area (Å²) in [5, 5.41) is 0. The lowest BCUT2D eigenvalue weighted by molar-refractivity contribution is 0.544. The van der Waals surface area contributed by atoms with E-state index in [-0.39, 0.29) is 0 Å². The second-order valence-corrected chi connectivity index (χ2v) is 14.3. The van der Waals surface area contributed by atoms with Gasteiger partial charge in [-0.15, -0.1) is 28.7 Å². The van der Waals surface area contributed by atoms with Crippen molar-refractivity contribution in [1.29, 1.82) is 0 Å². The van der Waals surface area contributed by atoms with Crippen molar-refractivity contribution in [2.75, 3.05) is 0 Å². The van der Waals surface area contributed by atoms with Gasteiger partial charge in [-0.25, -0.2) is 0 Å². The van der Waals surface area contributed by atoms with E-state index in [1.165, 1.54) is 83.5 Å². The Morgan fingerprint density at radius 2 is 1.09 bits per heavy atom. The number of unbranched alkanes of at least 4 members (excludes halogenated alkanes) is 12. The molecule has 0 unspecified atom stereocenters. The van der Waals surface area contributed by atoms with Gasteiger partial charge in [0, 0.05) is 0 Å². The van der Waals surface area contributed by atoms with Crippen LogP contribution in [0, 0.1) is 0 Å². The van der Waals surface area contributed by atoms with E-state index in [9.17, 15) is 0 Å². The molecular formula is C19H38Cl2Si. The molecule has 0 aliphatic heterocycles. The fraction of sp³-hybridized carbons (Fsp3) is 0.895. The standard InChI is InChI=1S/C19H38Cl2Si/c1-3-5-6-7-8-9-10-11-12-13-14-15-16-17-19-22(20,21)18-4-2/h3H,1,4-19H2,2H3. The van der Waals surface area contributed by atoms with Gasteiger partial charge in [-0.2, -0.15) is 0 Å². The number of rotatable bonds is 17. The summed E-state index contributed by atoms with van der Waals surface area (Å²) in [6.07, 6.45) is 20.9. The minimum Gasteiger partial charge on any atom is -0.146 e. The molecule has 0 nitrogen and oxygen atoms in total. The molecule has 132 valence electrons. The Morgan fingerprint density at radius 1 is 0.682 bits per heavy atom. The Kier molecular flexibility index (Phi) is 16.8. The smallest absolute Gasteiger partial charge is 0.146 e. The molecule has 0 spiro atoms. The molecule has 22 heavy (non-hydrogen) atoms. The summed E-state index contributed by atoms with van der Waals surface area (Å²) in [5.74, 6) is 0. The lowest BCUT2D eigenvalue weighted by atomic mass is 10.0. The van der Waals surface area contributed by atoms with Crippen molar-refractivity contribution in [3.05, 3.63) is 12.7 Å². The molecule has 0 fully saturated rings. The first kappa shape index (κ1) is 22.5. The Labute approximate surface area is 150 Å². The molecule has 0 saturated heterocycles. The summed E-state index contributed by atoms with van der Waals surface area (Å²) in [6, 6.07) is 2.15. The third kappa shape index (κ3) is 16.9. The lowest BCUT2D eigenvalue weighted by Crippen LogP contribution is -2.17. The molecule has 0 N–H and O–H groups in total. The van der Waals surface area contributed by atoms with Crippen molar-refractivity contribution in [2.24, 2.45) is 0 Å². The van der Waals surface area contributed by atoms with E-state index < -0.39 is 6.69 Å². The quantitative estimate of drug-likeness (QED) is 0.105. The molecule has 0 aromatic rings. The molecule has 0 heterocycles. The highest BCUT2D eigenvalue weighted by Crippen LogP contribution is 2.29. The Bertz CT molecular complexity index is 242. The van der Waals surface area contributed by atoms with Gasteiger partial charge in [0.25, 0.3) is 6.69 Å². The molecule has 0 rings (SSSR count). The van der Waals surface area contributed by atoms with Gasteiger partial charge >= 0.3 is 0 Å². The molecule has 0 amide bonds. The molecule has 0 aliphatic carbocycles. The molecule has 0 bridgehead atoms. The minimum absolute atomic E-state index is 1.06. The van der Waals surface area contributed by atoms with Gasteiger partial charge in [0.15, 0.2) is 0 Å². The average molecular weight is 366 g/mol. The average Bonchev–Trinajstić information content (AvgIpc) is 2.47. The summed E-state index contributed by atoms with van der Waals surface area (Å²) in [5.41, 5.74) is 0. The van der Waals surface area contributed by atoms with E-state index in [0.29, 0.717) is 0 Å². The zero-order valence-electron chi connectivity index (χ0n) is 14.9. The van der Waals surface area contributed by atoms with E-state index in [2.05, 4.69) is 13.5 Å². The fourth-order valence-corrected chi connectivity index (χ4v) is 6.62. The summed E-state index contributed by atoms with van der Waals surface area (Å²) in [6.45, 7) is 4.07. The van der Waals surface area contributed by atoms with Crippen LogP contribution in [0.4, 0.5) is 0 Å². The van der Waals surface area contributed by atoms with E-state index in [1.807, 2.05) is 6.08 Å². The molecule has 0 atom stereocenters. The number of hydrogen-bond donors (Lipinski definition) is 0. The fourth-order valence-electron chi connectivity index (χ4n) is 2.93. The summed E-state index contributed by atoms with van der Waals surface area (Å²) in [4.78, 5) is 0. The lowest BCUT2D eigenvalue weighted by Gasteiger charge is -2.14. The Hall–Kier alpha value is 0.537. The van der Waals surface area contributed by atoms with Crippen molar-refractivity contribution >= 4 is 28.9 Å². The summed E-state index contributed by atoms with van der Waals surface area (Å²) in [7, 11) is 0. The highest BCUT2D eigenvalue weighted by atomic mass is 35.7. The number of hydrogen-bond acceptors (Lipinski definition) is 0. The highest BCUT2D eigenvalue weighted by molar-refractivity contribution is 7.45. The molecule has 0 radical (unpaired) electrons. The van der Waals surface area contributed by atoms with Crippen molar-refractivity contribution in [2.45, 2.75) is 109 Å². The largest absolute Gasteiger partial charge is 0.251 e. The van der Waals surface area contributed by atoms with Crippen molar-refractivity contribution in [1.82, 2.24) is 0 Å². The second kappa shape index (κ2) is 16.4. The molecule has 0 aliphatic rings. The maximum absolute atomic E-state index is 6.39. The highest BCUT2D eigenvalue weighted by Gasteiger charge is 2.25. The Balaban J connectivity index is 3.13. The SMILES string of the molecule is C=CCCCCCCCCCCCCCC[Si](Cl)(Cl)CCC. The zero-order valence-corrected chi connectivity index (χ0v) is 17.4. The van der Waals surface area contributed by atoms with E-state index >= 15 is 0 Å². The summed E-state index contributed by atoms with van der Waals surface area (Å²) >= 11 is 12.8. The van der Waals surface area contributed by atoms with Crippen LogP contribution in [0.15, 0.2) is 12.7 Å². The predicted octanol–water partition coefficient (Wildman–Crippen LogP) is 8.57. The van der Waals surface area contributed by atoms with Crippen LogP contribution >= 0.6 is 22.2 Å². The molecule has 0 saturated carbocycles. The van der Waals surface area contributed by atoms with Crippen molar-refractivity contribution in [3.63, 3.8) is 0 Å². The van der Waals surface area contributed by atoms with Crippen LogP contribution in [0.25, 0.3) is 0 Å². The zero-order chi connectivity index (χ0) is 16.5. The number of halogens is 2. The van der Waals surface area contributed by atoms with E-state index in [1.54, 1.807) is 0 Å². The molecule has 0 aromatic carbocycles. The van der Waals surface area contributed by atoms with E-state index in [4.69, 9.17) is 22.2 Å². The van der Waals surface area contributed by atoms with Gasteiger partial charge in [-0.1, -0.05) is 90.0 Å². The summed E-state index contributed by atoms with van der Waals surface area (Å²) < 4.78 is 0. The van der Waals surface area contributed by atoms with Gasteiger partial charge < -0.3 is 0 Å². The van der Waals surface area contributed by atoms with Crippen molar-refractivity contribution < 1.29 is 0 Å². The van der Waals surface area contributed by atoms with Crippen LogP contribution in [-0.4, -0.2) is 6.69 Å². The molecular weight excluding hydrogens is 327 g/mol. The molecule has 3 heteroatoms. The topological polar surface area (TPSA) is 0 Å². The van der Waals surface area contributed by atoms with Crippen LogP contribution in [0.2, 0.25) is 12.1 Å². The molecule has 0 aromatic heterocycles. The first-order valence-corrected chi connectivity index (χ1v) is 14.0. The number of allylic oxidation sites excluding steroid dienone is 1. The minimum atomic E-state index is -1.87. The van der Waals surface area contributed by atoms with Crippen LogP contribution < -0.4 is 0 Å². The Morgan fingerprint density at radius 3 is 1.50 bits per heavy atom. The van der Waals surface area contributed by atoms with Gasteiger partial charge in [0.05, 0.1) is 0 Å². The second-order valence-electron chi connectivity index (χ2n) is 6.68. The van der Waals surface area contributed by atoms with Gasteiger partial charge in [-0.05, 0) is 24.9 Å². The van der Waals surface area contributed by atoms with Crippen LogP contribution in [-0.2, 0) is 0 Å². The van der Waals surface area contributed by atoms with Gasteiger partial charge in [0.1, 0.15) is 0 Å². The first-order valence-electron chi connectivity index (χ1n) is 9.61. The van der Waals surface area contributed by atoms with Gasteiger partial charge in [-0.3, -0.25) is 0 Å². The van der Waals surface area contributed by atoms with Crippen molar-refractivity contribution in [3.8, 4) is 0 Å². The van der Waals surface area contributed by atoms with Crippen LogP contribution in [0.1, 0.15) is 96.8 Å².